The molecule has 13 rings (SSSR count). The van der Waals surface area contributed by atoms with Crippen molar-refractivity contribution < 1.29 is 25.2 Å². The summed E-state index contributed by atoms with van der Waals surface area (Å²) in [5, 5.41) is 73.8. The molecule has 0 saturated heterocycles. The maximum atomic E-state index is 13.8. The highest BCUT2D eigenvalue weighted by atomic mass is 16.3. The summed E-state index contributed by atoms with van der Waals surface area (Å²) < 4.78 is 0. The number of ketones is 1. The highest BCUT2D eigenvalue weighted by Gasteiger charge is 2.41. The van der Waals surface area contributed by atoms with Crippen molar-refractivity contribution in [3.63, 3.8) is 0 Å². The van der Waals surface area contributed by atoms with Crippen LogP contribution in [0, 0.1) is 0 Å². The quantitative estimate of drug-likeness (QED) is 0.0570. The lowest BCUT2D eigenvalue weighted by molar-refractivity contribution is -0.535. The third kappa shape index (κ3) is 10.8. The Bertz CT molecular complexity index is 3500. The Kier molecular flexibility index (Phi) is 15.5. The molecule has 0 amide bonds. The maximum absolute atomic E-state index is 13.8. The number of aromatic hydroxyl groups is 2. The van der Waals surface area contributed by atoms with Gasteiger partial charge < -0.3 is 68.6 Å². The largest absolute Gasteiger partial charge is 0.851 e. The van der Waals surface area contributed by atoms with Crippen LogP contribution in [0.2, 0.25) is 0 Å². The molecule has 9 aromatic carbocycles. The number of rotatable bonds is 2. The van der Waals surface area contributed by atoms with Crippen LogP contribution in [0.5, 0.6) is 11.5 Å². The smallest absolute Gasteiger partial charge is 0.275 e. The molecule has 15 heteroatoms. The van der Waals surface area contributed by atoms with E-state index in [1.165, 1.54) is 36.0 Å². The van der Waals surface area contributed by atoms with Crippen LogP contribution in [0.3, 0.4) is 0 Å². The van der Waals surface area contributed by atoms with Gasteiger partial charge in [-0.2, -0.15) is 0 Å². The van der Waals surface area contributed by atoms with Gasteiger partial charge in [-0.05, 0) is 148 Å². The first-order valence-corrected chi connectivity index (χ1v) is 24.8. The molecule has 402 valence electrons. The number of fused-ring (bicyclic) bond motifs is 1. The molecule has 3 aliphatic heterocycles. The summed E-state index contributed by atoms with van der Waals surface area (Å²) in [6.45, 7) is 15.7. The molecule has 0 unspecified atom stereocenters. The van der Waals surface area contributed by atoms with Gasteiger partial charge in [0.2, 0.25) is 11.5 Å². The van der Waals surface area contributed by atoms with E-state index >= 15 is 0 Å². The normalized spacial score (nSPS) is 18.8. The summed E-state index contributed by atoms with van der Waals surface area (Å²) in [5.41, 5.74) is 18.6. The molecule has 12 N–H and O–H groups in total. The Morgan fingerprint density at radius 1 is 0.442 bits per heavy atom. The van der Waals surface area contributed by atoms with Crippen molar-refractivity contribution in [2.75, 3.05) is 43.4 Å². The molecule has 77 heavy (non-hydrogen) atoms. The number of carbonyl (C=O) groups is 1. The van der Waals surface area contributed by atoms with E-state index < -0.39 is 46.4 Å². The second kappa shape index (κ2) is 21.2. The van der Waals surface area contributed by atoms with Crippen LogP contribution in [0.15, 0.2) is 143 Å². The number of hydrogen-bond donors (Lipinski definition) is 10. The number of Topliss-reactive ketones (excluding diaryl/α,β-unsaturated/α-hetero) is 1. The fourth-order valence-electron chi connectivity index (χ4n) is 10.7. The first-order chi connectivity index (χ1) is 35.5. The van der Waals surface area contributed by atoms with Gasteiger partial charge in [0.05, 0.1) is 0 Å². The van der Waals surface area contributed by atoms with Gasteiger partial charge in [-0.15, -0.1) is 12.2 Å². The minimum Gasteiger partial charge on any atom is -0.851 e. The van der Waals surface area contributed by atoms with Gasteiger partial charge in [0.25, 0.3) is 10.9 Å². The minimum atomic E-state index is -1.01. The van der Waals surface area contributed by atoms with Crippen LogP contribution in [0.1, 0.15) is 93.2 Å². The van der Waals surface area contributed by atoms with Crippen molar-refractivity contribution in [3.05, 3.63) is 165 Å². The molecule has 0 aromatic heterocycles. The SMILES string of the molecule is C.C.CC(C)=O.CC1(C)Nc2cccc3c(C4C([O-])C(c5ccc6c7c(cccc57)NC(C)(C)N6)C4[O-])ccc(c23)N1.CC1(C)Nc2cccc3cccc(c23)N1.Nc1cccc2cccc(N)c12.O=c1c(O)c(O)c1=O. The Morgan fingerprint density at radius 2 is 0.714 bits per heavy atom. The zero-order valence-electron chi connectivity index (χ0n) is 43.1. The number of nitrogens with one attached hydrogen (secondary N) is 6. The average molecular weight is 1040 g/mol. The Morgan fingerprint density at radius 3 is 1.03 bits per heavy atom. The second-order valence-corrected chi connectivity index (χ2v) is 21.2. The van der Waals surface area contributed by atoms with E-state index in [0.29, 0.717) is 0 Å². The number of benzene rings is 8. The average Bonchev–Trinajstić information content (AvgIpc) is 3.43. The fraction of sp³-hybridized carbons (Fsp3) is 0.274. The van der Waals surface area contributed by atoms with Crippen molar-refractivity contribution in [1.29, 1.82) is 0 Å². The number of nitrogens with two attached hydrogens (primary N) is 2. The maximum Gasteiger partial charge on any atom is 0.275 e. The summed E-state index contributed by atoms with van der Waals surface area (Å²) >= 11 is 0. The summed E-state index contributed by atoms with van der Waals surface area (Å²) in [6, 6.07) is 44.5. The predicted molar refractivity (Wildman–Crippen MR) is 316 cm³/mol. The van der Waals surface area contributed by atoms with Crippen molar-refractivity contribution in [2.45, 2.75) is 111 Å². The van der Waals surface area contributed by atoms with E-state index in [0.717, 1.165) is 77.6 Å². The van der Waals surface area contributed by atoms with Gasteiger partial charge in [0.1, 0.15) is 22.8 Å². The van der Waals surface area contributed by atoms with Crippen LogP contribution in [0.25, 0.3) is 43.1 Å². The van der Waals surface area contributed by atoms with Gasteiger partial charge in [-0.25, -0.2) is 0 Å². The monoisotopic (exact) mass is 1040 g/mol. The minimum absolute atomic E-state index is 0. The van der Waals surface area contributed by atoms with Crippen LogP contribution in [-0.4, -0.2) is 45.2 Å². The zero-order valence-corrected chi connectivity index (χ0v) is 43.1. The first-order valence-electron chi connectivity index (χ1n) is 24.8. The molecule has 0 bridgehead atoms. The highest BCUT2D eigenvalue weighted by Crippen LogP contribution is 2.52. The Hall–Kier alpha value is -8.53. The van der Waals surface area contributed by atoms with Gasteiger partial charge in [0.15, 0.2) is 0 Å². The van der Waals surface area contributed by atoms with Crippen molar-refractivity contribution in [3.8, 4) is 11.5 Å². The van der Waals surface area contributed by atoms with Crippen LogP contribution in [0.4, 0.5) is 45.5 Å². The standard InChI is InChI=1S/C30H30N4O2.C13H14N2.C10H10N2.C4H2O4.C3H6O.2CH4/c1-29(2)31-19-9-5-7-15-17(11-13-21(33-29)23(15)19)25-27(35)26(28(25)36)18-12-14-22-24-16(18)8-6-10-20(24)32-30(3,4)34-22;1-13(2)14-10-7-3-5-9-6-4-8-11(15-13)12(9)10;11-8-5-1-3-7-4-2-6-9(12)10(7)8;5-1-2(6)4(8)3(1)7;1-3(2)4;;/h5-14,25-28,31-34H,1-4H3;3-8,14-15H,1-2H3;1-6H,11-12H2;5-6H;1-2H3;2*1H4/q-2;;;;;;. The Balaban J connectivity index is 0.000000172. The molecular formula is C62H70N8O7-2. The lowest BCUT2D eigenvalue weighted by Crippen LogP contribution is -2.63. The molecule has 0 atom stereocenters. The van der Waals surface area contributed by atoms with Gasteiger partial charge in [-0.1, -0.05) is 99.8 Å². The van der Waals surface area contributed by atoms with Crippen LogP contribution >= 0.6 is 0 Å². The molecule has 1 saturated carbocycles. The van der Waals surface area contributed by atoms with Crippen molar-refractivity contribution >= 4 is 94.4 Å². The third-order valence-corrected chi connectivity index (χ3v) is 13.7. The lowest BCUT2D eigenvalue weighted by Gasteiger charge is -2.62. The van der Waals surface area contributed by atoms with E-state index in [4.69, 9.17) is 21.7 Å². The molecular weight excluding hydrogens is 969 g/mol. The molecule has 0 radical (unpaired) electrons. The Labute approximate surface area is 449 Å². The van der Waals surface area contributed by atoms with Gasteiger partial charge >= 0.3 is 0 Å². The molecule has 0 spiro atoms. The number of hydrogen-bond acceptors (Lipinski definition) is 15. The number of nitrogen functional groups attached to an aromatic ring is 2. The van der Waals surface area contributed by atoms with Gasteiger partial charge in [0, 0.05) is 67.0 Å². The molecule has 15 nitrogen and oxygen atoms in total. The summed E-state index contributed by atoms with van der Waals surface area (Å²) in [4.78, 5) is 29.4. The molecule has 9 aromatic rings. The molecule has 1 aliphatic carbocycles. The fourth-order valence-corrected chi connectivity index (χ4v) is 10.7. The second-order valence-electron chi connectivity index (χ2n) is 21.2. The van der Waals surface area contributed by atoms with E-state index in [1.54, 1.807) is 0 Å². The third-order valence-electron chi connectivity index (χ3n) is 13.7. The van der Waals surface area contributed by atoms with Crippen molar-refractivity contribution in [2.24, 2.45) is 0 Å². The van der Waals surface area contributed by atoms with Crippen LogP contribution < -0.4 is 64.4 Å². The first kappa shape index (κ1) is 56.2. The zero-order chi connectivity index (χ0) is 53.9. The van der Waals surface area contributed by atoms with E-state index in [2.05, 4.69) is 122 Å². The molecule has 3 heterocycles. The van der Waals surface area contributed by atoms with E-state index in [9.17, 15) is 24.6 Å². The predicted octanol–water partition coefficient (Wildman–Crippen LogP) is 10.5. The molecule has 1 fully saturated rings. The summed E-state index contributed by atoms with van der Waals surface area (Å²) in [7, 11) is 0. The lowest BCUT2D eigenvalue weighted by atomic mass is 9.62. The summed E-state index contributed by atoms with van der Waals surface area (Å²) in [6.07, 6.45) is -1.99. The molecule has 4 aliphatic rings. The van der Waals surface area contributed by atoms with Gasteiger partial charge in [-0.3, -0.25) is 9.59 Å². The van der Waals surface area contributed by atoms with E-state index in [-0.39, 0.29) is 37.6 Å². The summed E-state index contributed by atoms with van der Waals surface area (Å²) in [5.74, 6) is -2.63. The van der Waals surface area contributed by atoms with E-state index in [1.807, 2.05) is 84.9 Å². The van der Waals surface area contributed by atoms with Crippen molar-refractivity contribution in [1.82, 2.24) is 0 Å². The number of carbonyl (C=O) groups excluding carboxylic acids is 1. The van der Waals surface area contributed by atoms with Crippen LogP contribution in [-0.2, 0) is 4.79 Å². The topological polar surface area (TPSA) is 262 Å². The number of anilines is 8. The highest BCUT2D eigenvalue weighted by molar-refractivity contribution is 6.09.